The molecule has 4 amide bonds. The Kier molecular flexibility index (Phi) is 30.8. The highest BCUT2D eigenvalue weighted by atomic mass is 32.1. The average Bonchev–Trinajstić information content (AvgIpc) is 1.62. The number of alkyl halides is 9. The standard InChI is InChI=1S/C33H42F3N7O3S.C28H34F3N7OS.C22H21F3N4O2S.C11H23N3O2/c1-31(2,3)46-30(45)42-14-12-41(13-15-42)11-9-37-28(44)22-4-6-23(7-5-22)40-24-17-32(18-24)8-10-43(20-32)27-26-16-25(19-33(34,35)36)47-29(26)39-21-38-27;29-28(30,31)16-22-13-23-24(34-18-35-26(23)40-22)38-9-5-27(17-38)14-21(15-27)36-20-3-1-19(2-4-20)25(39)33-8-12-37-10-6-32-7-11-37;23-22(24,25)10-16-7-17-18(26-12-27-19(17)32-16)29-6-5-21(11-29)8-15(9-21)28-14-3-1-13(2-4-14)20(30)31;1-11(2,3)16-10(15)14-8-6-13(5-4-12)7-9-14/h4-7,16,21,24,40H,8-15,17-20H2,1-3H3,(H,37,44);1-4,13,18,21,32,36H,5-12,14-17H2,(H,33,39);1-4,7,12,15,28H,5-6,8-11H2,(H,30,31);4-9,12H2,1-3H3. The lowest BCUT2D eigenvalue weighted by molar-refractivity contribution is -0.127. The van der Waals surface area contributed by atoms with Crippen molar-refractivity contribution < 1.29 is 78.1 Å². The van der Waals surface area contributed by atoms with E-state index in [0.717, 1.165) is 244 Å². The van der Waals surface area contributed by atoms with Crippen molar-refractivity contribution >= 4 is 129 Å². The maximum atomic E-state index is 13.0. The predicted molar refractivity (Wildman–Crippen MR) is 507 cm³/mol. The third kappa shape index (κ3) is 27.0. The minimum atomic E-state index is -4.25. The van der Waals surface area contributed by atoms with Gasteiger partial charge in [0, 0.05) is 218 Å². The fraction of sp³-hybridized carbons (Fsp3) is 0.564. The summed E-state index contributed by atoms with van der Waals surface area (Å²) in [7, 11) is 0. The van der Waals surface area contributed by atoms with Crippen LogP contribution in [-0.4, -0.2) is 294 Å². The van der Waals surface area contributed by atoms with Crippen LogP contribution in [-0.2, 0) is 28.7 Å². The quantitative estimate of drug-likeness (QED) is 0.0276. The Labute approximate surface area is 790 Å². The topological polar surface area (TPSA) is 325 Å². The van der Waals surface area contributed by atoms with E-state index in [1.807, 2.05) is 90.1 Å². The van der Waals surface area contributed by atoms with Crippen LogP contribution in [0.1, 0.15) is 145 Å². The van der Waals surface area contributed by atoms with Crippen LogP contribution in [0, 0.1) is 16.2 Å². The number of carboxylic acids is 1. The number of ether oxygens (including phenoxy) is 2. The molecule has 29 nitrogen and oxygen atoms in total. The number of hydrogen-bond acceptors (Lipinski definition) is 27. The monoisotopic (exact) mass is 1940 g/mol. The molecule has 730 valence electrons. The summed E-state index contributed by atoms with van der Waals surface area (Å²) in [5.74, 6) is 1.07. The number of nitrogens with zero attached hydrogens (tertiary/aromatic N) is 14. The SMILES string of the molecule is CC(C)(C)OC(=O)N1CCN(CCN)CC1.CC(C)(C)OC(=O)N1CCN(CCNC(=O)c2ccc(NC3CC4(CCN(c5ncnc6sc(CC(F)(F)F)cc56)C4)C3)cc2)CC1.O=C(NCCN1CCNCC1)c1ccc(NC2CC3(CCN(c4ncnc5sc(CC(F)(F)F)cc45)C3)C2)cc1.O=C(O)c1ccc(NC2CC3(CCN(c4ncnc5sc(CC(F)(F)F)cc45)C3)C2)cc1. The van der Waals surface area contributed by atoms with E-state index >= 15 is 0 Å². The summed E-state index contributed by atoms with van der Waals surface area (Å²) in [4.78, 5) is 106. The number of amides is 4. The molecule has 9 aromatic rings. The highest BCUT2D eigenvalue weighted by molar-refractivity contribution is 7.19. The van der Waals surface area contributed by atoms with Gasteiger partial charge in [0.1, 0.15) is 62.1 Å². The number of carbonyl (C=O) groups excluding carboxylic acids is 4. The fourth-order valence-corrected chi connectivity index (χ4v) is 22.8. The van der Waals surface area contributed by atoms with Crippen molar-refractivity contribution in [2.75, 3.05) is 188 Å². The van der Waals surface area contributed by atoms with Crippen molar-refractivity contribution in [2.24, 2.45) is 22.0 Å². The molecular weight excluding hydrogens is 1820 g/mol. The van der Waals surface area contributed by atoms with Crippen molar-refractivity contribution in [3.63, 3.8) is 0 Å². The summed E-state index contributed by atoms with van der Waals surface area (Å²) in [6, 6.07) is 27.7. The molecule has 9 fully saturated rings. The zero-order chi connectivity index (χ0) is 95.8. The zero-order valence-corrected chi connectivity index (χ0v) is 79.3. The second-order valence-corrected chi connectivity index (χ2v) is 42.4. The van der Waals surface area contributed by atoms with E-state index < -0.39 is 55.0 Å². The van der Waals surface area contributed by atoms with Gasteiger partial charge < -0.3 is 76.7 Å². The number of rotatable bonds is 23. The minimum absolute atomic E-state index is 0.0506. The average molecular weight is 1940 g/mol. The number of fused-ring (bicyclic) bond motifs is 3. The smallest absolute Gasteiger partial charge is 0.410 e. The Morgan fingerprint density at radius 3 is 1.03 bits per heavy atom. The van der Waals surface area contributed by atoms with Gasteiger partial charge in [0.05, 0.1) is 41.0 Å². The van der Waals surface area contributed by atoms with Crippen LogP contribution in [0.25, 0.3) is 30.6 Å². The first kappa shape index (κ1) is 99.2. The Hall–Kier alpha value is -10.3. The Balaban J connectivity index is 0.000000144. The van der Waals surface area contributed by atoms with Gasteiger partial charge in [0.2, 0.25) is 0 Å². The van der Waals surface area contributed by atoms with E-state index in [1.54, 1.807) is 52.3 Å². The molecule has 9 N–H and O–H groups in total. The van der Waals surface area contributed by atoms with Crippen molar-refractivity contribution in [1.82, 2.24) is 70.4 Å². The molecule has 6 aliphatic heterocycles. The van der Waals surface area contributed by atoms with Gasteiger partial charge in [0.15, 0.2) is 0 Å². The minimum Gasteiger partial charge on any atom is -0.478 e. The number of anilines is 6. The predicted octanol–water partition coefficient (Wildman–Crippen LogP) is 14.9. The molecule has 3 spiro atoms. The zero-order valence-electron chi connectivity index (χ0n) is 76.8. The largest absolute Gasteiger partial charge is 0.478 e. The van der Waals surface area contributed by atoms with Gasteiger partial charge in [-0.1, -0.05) is 0 Å². The van der Waals surface area contributed by atoms with Crippen LogP contribution in [0.2, 0.25) is 0 Å². The Morgan fingerprint density at radius 1 is 0.430 bits per heavy atom. The molecule has 18 rings (SSSR count). The number of carboxylic acid groups (broad SMARTS) is 1. The number of aromatic carboxylic acids is 1. The number of nitrogens with one attached hydrogen (secondary N) is 6. The van der Waals surface area contributed by atoms with E-state index in [-0.39, 0.29) is 60.4 Å². The highest BCUT2D eigenvalue weighted by Gasteiger charge is 2.52. The lowest BCUT2D eigenvalue weighted by atomic mass is 9.65. The summed E-state index contributed by atoms with van der Waals surface area (Å²) < 4.78 is 127. The molecule has 3 aliphatic carbocycles. The summed E-state index contributed by atoms with van der Waals surface area (Å²) >= 11 is 3.25. The van der Waals surface area contributed by atoms with Crippen LogP contribution in [0.15, 0.2) is 110 Å². The van der Waals surface area contributed by atoms with Gasteiger partial charge in [-0.15, -0.1) is 34.0 Å². The molecule has 9 aliphatic rings. The second kappa shape index (κ2) is 41.9. The fourth-order valence-electron chi connectivity index (χ4n) is 19.7. The lowest BCUT2D eigenvalue weighted by Crippen LogP contribution is -2.51. The number of piperazine rings is 3. The Morgan fingerprint density at radius 2 is 0.733 bits per heavy atom. The van der Waals surface area contributed by atoms with Crippen LogP contribution in [0.4, 0.5) is 83.6 Å². The molecule has 12 heterocycles. The van der Waals surface area contributed by atoms with Gasteiger partial charge in [-0.3, -0.25) is 24.3 Å². The van der Waals surface area contributed by atoms with E-state index in [0.29, 0.717) is 99.2 Å². The maximum absolute atomic E-state index is 13.0. The van der Waals surface area contributed by atoms with Crippen LogP contribution in [0.3, 0.4) is 0 Å². The molecule has 3 saturated carbocycles. The summed E-state index contributed by atoms with van der Waals surface area (Å²) in [5.41, 5.74) is 9.46. The van der Waals surface area contributed by atoms with Crippen molar-refractivity contribution in [1.29, 1.82) is 0 Å². The third-order valence-electron chi connectivity index (χ3n) is 26.2. The molecule has 0 radical (unpaired) electrons. The number of halogens is 9. The van der Waals surface area contributed by atoms with Crippen molar-refractivity contribution in [2.45, 2.75) is 166 Å². The normalized spacial score (nSPS) is 22.3. The van der Waals surface area contributed by atoms with Gasteiger partial charge in [-0.2, -0.15) is 39.5 Å². The van der Waals surface area contributed by atoms with Crippen LogP contribution >= 0.6 is 34.0 Å². The lowest BCUT2D eigenvalue weighted by Gasteiger charge is -2.46. The van der Waals surface area contributed by atoms with E-state index in [1.165, 1.54) is 19.0 Å². The molecule has 135 heavy (non-hydrogen) atoms. The second-order valence-electron chi connectivity index (χ2n) is 39.1. The molecule has 6 saturated heterocycles. The summed E-state index contributed by atoms with van der Waals surface area (Å²) in [5, 5.41) is 31.1. The van der Waals surface area contributed by atoms with Crippen LogP contribution < -0.4 is 52.3 Å². The van der Waals surface area contributed by atoms with E-state index in [2.05, 4.69) is 91.2 Å². The summed E-state index contributed by atoms with van der Waals surface area (Å²) in [6.07, 6.45) is -2.66. The summed E-state index contributed by atoms with van der Waals surface area (Å²) in [6.45, 7) is 30.4. The maximum Gasteiger partial charge on any atom is 0.410 e. The van der Waals surface area contributed by atoms with E-state index in [4.69, 9.17) is 20.3 Å². The number of benzene rings is 3. The first-order valence-corrected chi connectivity index (χ1v) is 48.7. The highest BCUT2D eigenvalue weighted by Crippen LogP contribution is 2.54. The Bertz CT molecular complexity index is 5540. The number of hydrogen-bond donors (Lipinski definition) is 8. The molecule has 41 heteroatoms. The number of thiophene rings is 3. The molecule has 0 unspecified atom stereocenters. The molecular formula is C94H120F9N21O8S3. The van der Waals surface area contributed by atoms with E-state index in [9.17, 15) is 63.5 Å². The molecule has 0 bridgehead atoms. The van der Waals surface area contributed by atoms with Crippen molar-refractivity contribution in [3.05, 3.63) is 141 Å². The van der Waals surface area contributed by atoms with Crippen LogP contribution in [0.5, 0.6) is 0 Å². The molecule has 6 aromatic heterocycles. The molecule has 3 aromatic carbocycles. The number of aromatic nitrogens is 6. The van der Waals surface area contributed by atoms with Gasteiger partial charge in [-0.25, -0.2) is 44.3 Å². The van der Waals surface area contributed by atoms with Gasteiger partial charge in [0.25, 0.3) is 11.8 Å². The first-order valence-electron chi connectivity index (χ1n) is 46.2. The van der Waals surface area contributed by atoms with Crippen molar-refractivity contribution in [3.8, 4) is 0 Å². The number of carbonyl (C=O) groups is 5. The third-order valence-corrected chi connectivity index (χ3v) is 29.3. The van der Waals surface area contributed by atoms with Gasteiger partial charge >= 0.3 is 36.7 Å². The first-order chi connectivity index (χ1) is 64.1. The molecule has 0 atom stereocenters. The van der Waals surface area contributed by atoms with Gasteiger partial charge in [-0.05, 0) is 207 Å². The number of nitrogens with two attached hydrogens (primary N) is 1.